The number of nitrogens with zero attached hydrogens (tertiary/aromatic N) is 4. The highest BCUT2D eigenvalue weighted by Crippen LogP contribution is 2.42. The van der Waals surface area contributed by atoms with Gasteiger partial charge in [-0.15, -0.1) is 0 Å². The van der Waals surface area contributed by atoms with Gasteiger partial charge in [-0.2, -0.15) is 27.1 Å². The quantitative estimate of drug-likeness (QED) is 0.488. The molecule has 186 valence electrons. The number of alkyl halides is 5. The number of amides is 1. The molecule has 1 aliphatic rings. The second-order valence-corrected chi connectivity index (χ2v) is 7.70. The van der Waals surface area contributed by atoms with Gasteiger partial charge in [0.1, 0.15) is 17.2 Å². The minimum atomic E-state index is -4.89. The van der Waals surface area contributed by atoms with Crippen LogP contribution in [-0.4, -0.2) is 44.4 Å². The molecule has 0 saturated heterocycles. The Bertz CT molecular complexity index is 1290. The Morgan fingerprint density at radius 3 is 2.63 bits per heavy atom. The van der Waals surface area contributed by atoms with E-state index >= 15 is 0 Å². The second-order valence-electron chi connectivity index (χ2n) is 7.70. The van der Waals surface area contributed by atoms with E-state index in [4.69, 9.17) is 9.63 Å². The number of carboxylic acid groups (broad SMARTS) is 1. The molecule has 0 radical (unpaired) electrons. The van der Waals surface area contributed by atoms with E-state index in [0.29, 0.717) is 4.68 Å². The van der Waals surface area contributed by atoms with Gasteiger partial charge >= 0.3 is 18.8 Å². The topological polar surface area (TPSA) is 115 Å². The van der Waals surface area contributed by atoms with E-state index in [0.717, 1.165) is 12.3 Å². The SMILES string of the molecule is C[C@@]1(c2cc(-c3cc(-c4ccn(C(F)F)n4)no3)ccc2F)C[C@@H](C(F)(F)F)OC(NC(=O)O)=N1. The van der Waals surface area contributed by atoms with Crippen molar-refractivity contribution in [1.29, 1.82) is 0 Å². The van der Waals surface area contributed by atoms with Gasteiger partial charge in [0.2, 0.25) is 0 Å². The van der Waals surface area contributed by atoms with Crippen LogP contribution in [0, 0.1) is 5.82 Å². The molecule has 9 nitrogen and oxygen atoms in total. The highest BCUT2D eigenvalue weighted by atomic mass is 19.4. The summed E-state index contributed by atoms with van der Waals surface area (Å²) < 4.78 is 90.9. The molecule has 0 fully saturated rings. The fraction of sp³-hybridized carbons (Fsp3) is 0.300. The van der Waals surface area contributed by atoms with Crippen LogP contribution < -0.4 is 5.32 Å². The normalized spacial score (nSPS) is 20.5. The average molecular weight is 503 g/mol. The lowest BCUT2D eigenvalue weighted by Gasteiger charge is -2.36. The average Bonchev–Trinajstić information content (AvgIpc) is 3.42. The van der Waals surface area contributed by atoms with Crippen LogP contribution in [-0.2, 0) is 10.3 Å². The standard InChI is InChI=1S/C20H15F6N5O4/c1-19(8-15(20(24,25)26)34-17(28-19)27-18(32)33)10-6-9(2-3-11(10)21)14-7-13(30-35-14)12-4-5-31(29-12)16(22)23/h2-7,15-16H,8H2,1H3,(H,27,28)(H,32,33)/t15-,19-/m0/s1. The number of carbonyl (C=O) groups is 1. The fourth-order valence-electron chi connectivity index (χ4n) is 3.54. The van der Waals surface area contributed by atoms with Crippen molar-refractivity contribution in [2.45, 2.75) is 37.7 Å². The number of amidine groups is 1. The summed E-state index contributed by atoms with van der Waals surface area (Å²) in [5.74, 6) is -0.864. The lowest BCUT2D eigenvalue weighted by atomic mass is 9.84. The number of ether oxygens (including phenoxy) is 1. The largest absolute Gasteiger partial charge is 0.465 e. The van der Waals surface area contributed by atoms with E-state index < -0.39 is 48.7 Å². The van der Waals surface area contributed by atoms with Crippen molar-refractivity contribution in [2.75, 3.05) is 0 Å². The summed E-state index contributed by atoms with van der Waals surface area (Å²) in [6, 6.07) is 5.09. The Morgan fingerprint density at radius 1 is 1.26 bits per heavy atom. The van der Waals surface area contributed by atoms with Gasteiger partial charge in [0.05, 0.1) is 5.54 Å². The fourth-order valence-corrected chi connectivity index (χ4v) is 3.54. The third-order valence-corrected chi connectivity index (χ3v) is 5.18. The molecule has 2 atom stereocenters. The molecule has 1 aliphatic heterocycles. The van der Waals surface area contributed by atoms with Gasteiger partial charge in [-0.05, 0) is 31.2 Å². The molecule has 1 aromatic carbocycles. The lowest BCUT2D eigenvalue weighted by Crippen LogP contribution is -2.48. The maximum absolute atomic E-state index is 14.8. The zero-order chi connectivity index (χ0) is 25.5. The molecule has 2 N–H and O–H groups in total. The molecule has 3 heterocycles. The number of aromatic nitrogens is 3. The van der Waals surface area contributed by atoms with Crippen LogP contribution in [0.15, 0.2) is 46.0 Å². The zero-order valence-corrected chi connectivity index (χ0v) is 17.6. The van der Waals surface area contributed by atoms with Gasteiger partial charge in [-0.1, -0.05) is 5.16 Å². The second kappa shape index (κ2) is 8.63. The maximum Gasteiger partial charge on any atom is 0.425 e. The summed E-state index contributed by atoms with van der Waals surface area (Å²) in [5, 5.41) is 17.9. The van der Waals surface area contributed by atoms with Gasteiger partial charge in [0, 0.05) is 29.8 Å². The van der Waals surface area contributed by atoms with Crippen molar-refractivity contribution >= 4 is 12.1 Å². The molecule has 0 saturated carbocycles. The van der Waals surface area contributed by atoms with Gasteiger partial charge in [-0.3, -0.25) is 0 Å². The van der Waals surface area contributed by atoms with Gasteiger partial charge in [-0.25, -0.2) is 24.2 Å². The lowest BCUT2D eigenvalue weighted by molar-refractivity contribution is -0.208. The Labute approximate surface area is 192 Å². The zero-order valence-electron chi connectivity index (χ0n) is 17.6. The first-order valence-corrected chi connectivity index (χ1v) is 9.80. The van der Waals surface area contributed by atoms with Crippen molar-refractivity contribution in [3.63, 3.8) is 0 Å². The number of aliphatic imine (C=N–C) groups is 1. The van der Waals surface area contributed by atoms with E-state index in [1.165, 1.54) is 31.2 Å². The first-order chi connectivity index (χ1) is 16.4. The van der Waals surface area contributed by atoms with E-state index in [-0.39, 0.29) is 28.3 Å². The third-order valence-electron chi connectivity index (χ3n) is 5.18. The minimum Gasteiger partial charge on any atom is -0.465 e. The van der Waals surface area contributed by atoms with E-state index in [9.17, 15) is 31.1 Å². The molecule has 3 aromatic rings. The van der Waals surface area contributed by atoms with Crippen molar-refractivity contribution in [1.82, 2.24) is 20.3 Å². The first kappa shape index (κ1) is 24.1. The van der Waals surface area contributed by atoms with E-state index in [2.05, 4.69) is 20.0 Å². The third kappa shape index (κ3) is 4.93. The summed E-state index contributed by atoms with van der Waals surface area (Å²) >= 11 is 0. The minimum absolute atomic E-state index is 0.0451. The summed E-state index contributed by atoms with van der Waals surface area (Å²) in [6.45, 7) is -1.67. The Hall–Kier alpha value is -4.04. The molecule has 15 heteroatoms. The Balaban J connectivity index is 1.72. The first-order valence-electron chi connectivity index (χ1n) is 9.80. The molecule has 0 aliphatic carbocycles. The van der Waals surface area contributed by atoms with Crippen molar-refractivity contribution < 1.29 is 45.5 Å². The molecule has 4 rings (SSSR count). The van der Waals surface area contributed by atoms with E-state index in [1.54, 1.807) is 5.32 Å². The number of benzene rings is 1. The predicted octanol–water partition coefficient (Wildman–Crippen LogP) is 4.93. The van der Waals surface area contributed by atoms with Crippen LogP contribution in [0.4, 0.5) is 31.1 Å². The number of halogens is 6. The Kier molecular flexibility index (Phi) is 5.94. The van der Waals surface area contributed by atoms with Crippen molar-refractivity contribution in [2.24, 2.45) is 4.99 Å². The molecule has 35 heavy (non-hydrogen) atoms. The smallest absolute Gasteiger partial charge is 0.425 e. The molecule has 0 spiro atoms. The van der Waals surface area contributed by atoms with Crippen LogP contribution in [0.3, 0.4) is 0 Å². The molecule has 0 bridgehead atoms. The molecular formula is C20H15F6N5O4. The van der Waals surface area contributed by atoms with Gasteiger partial charge in [0.25, 0.3) is 6.02 Å². The predicted molar refractivity (Wildman–Crippen MR) is 106 cm³/mol. The number of nitrogens with one attached hydrogen (secondary N) is 1. The summed E-state index contributed by atoms with van der Waals surface area (Å²) in [6.07, 6.45) is -8.87. The summed E-state index contributed by atoms with van der Waals surface area (Å²) in [5.41, 5.74) is -1.83. The molecule has 1 amide bonds. The van der Waals surface area contributed by atoms with Crippen LogP contribution in [0.2, 0.25) is 0 Å². The molecule has 2 aromatic heterocycles. The maximum atomic E-state index is 14.8. The number of hydrogen-bond acceptors (Lipinski definition) is 6. The van der Waals surface area contributed by atoms with E-state index in [1.807, 2.05) is 0 Å². The van der Waals surface area contributed by atoms with Crippen LogP contribution in [0.5, 0.6) is 0 Å². The number of hydrogen-bond donors (Lipinski definition) is 2. The van der Waals surface area contributed by atoms with Crippen LogP contribution in [0.25, 0.3) is 22.7 Å². The monoisotopic (exact) mass is 503 g/mol. The van der Waals surface area contributed by atoms with Crippen molar-refractivity contribution in [3.8, 4) is 22.7 Å². The summed E-state index contributed by atoms with van der Waals surface area (Å²) in [7, 11) is 0. The Morgan fingerprint density at radius 2 is 2.00 bits per heavy atom. The van der Waals surface area contributed by atoms with Crippen LogP contribution >= 0.6 is 0 Å². The molecular weight excluding hydrogens is 488 g/mol. The van der Waals surface area contributed by atoms with Crippen LogP contribution in [0.1, 0.15) is 25.5 Å². The van der Waals surface area contributed by atoms with Gasteiger partial charge in [0.15, 0.2) is 11.9 Å². The highest BCUT2D eigenvalue weighted by molar-refractivity contribution is 5.90. The van der Waals surface area contributed by atoms with Crippen molar-refractivity contribution in [3.05, 3.63) is 47.9 Å². The van der Waals surface area contributed by atoms with Gasteiger partial charge < -0.3 is 14.4 Å². The summed E-state index contributed by atoms with van der Waals surface area (Å²) in [4.78, 5) is 14.8. The highest BCUT2D eigenvalue weighted by Gasteiger charge is 2.50. The number of rotatable bonds is 4. The molecule has 0 unspecified atom stereocenters.